The molecule has 0 unspecified atom stereocenters. The maximum Gasteiger partial charge on any atom is 0.326 e. The van der Waals surface area contributed by atoms with Crippen molar-refractivity contribution >= 4 is 23.8 Å². The van der Waals surface area contributed by atoms with Gasteiger partial charge in [0.2, 0.25) is 6.10 Å². The summed E-state index contributed by atoms with van der Waals surface area (Å²) in [5.74, 6) is -2.06. The number of carbonyl (C=O) groups excluding carboxylic acids is 4. The molecule has 3 N–H and O–H groups in total. The Morgan fingerprint density at radius 3 is 2.36 bits per heavy atom. The largest absolute Gasteiger partial charge is 0.446 e. The zero-order valence-electron chi connectivity index (χ0n) is 15.5. The van der Waals surface area contributed by atoms with Gasteiger partial charge >= 0.3 is 12.0 Å². The summed E-state index contributed by atoms with van der Waals surface area (Å²) in [4.78, 5) is 48.0. The molecule has 0 aliphatic heterocycles. The van der Waals surface area contributed by atoms with Gasteiger partial charge in [0.05, 0.1) is 0 Å². The highest BCUT2D eigenvalue weighted by atomic mass is 16.5. The van der Waals surface area contributed by atoms with Crippen LogP contribution in [-0.2, 0) is 14.3 Å². The molecule has 2 rings (SSSR count). The number of amides is 4. The summed E-state index contributed by atoms with van der Waals surface area (Å²) < 4.78 is 5.21. The lowest BCUT2D eigenvalue weighted by Gasteiger charge is -2.17. The second-order valence-electron chi connectivity index (χ2n) is 5.90. The summed E-state index contributed by atoms with van der Waals surface area (Å²) in [6.45, 7) is 1.42. The quantitative estimate of drug-likeness (QED) is 0.654. The molecule has 0 aromatic heterocycles. The average Bonchev–Trinajstić information content (AvgIpc) is 2.70. The molecule has 0 spiro atoms. The number of nitrogens with one attached hydrogen (secondary N) is 3. The first kappa shape index (κ1) is 20.6. The van der Waals surface area contributed by atoms with E-state index >= 15 is 0 Å². The van der Waals surface area contributed by atoms with Gasteiger partial charge in [-0.05, 0) is 19.1 Å². The number of hydrogen-bond acceptors (Lipinski definition) is 5. The maximum absolute atomic E-state index is 12.3. The number of rotatable bonds is 6. The number of carbonyl (C=O) groups is 4. The summed E-state index contributed by atoms with van der Waals surface area (Å²) in [5.41, 5.74) is 1.71. The molecule has 0 aliphatic carbocycles. The lowest BCUT2D eigenvalue weighted by Crippen LogP contribution is -2.42. The van der Waals surface area contributed by atoms with Gasteiger partial charge in [0.15, 0.2) is 0 Å². The molecule has 1 atom stereocenters. The molecule has 4 amide bonds. The molecular formula is C20H21N3O5. The van der Waals surface area contributed by atoms with Crippen molar-refractivity contribution in [2.45, 2.75) is 13.0 Å². The zero-order valence-corrected chi connectivity index (χ0v) is 15.5. The molecule has 0 saturated heterocycles. The Morgan fingerprint density at radius 1 is 1.00 bits per heavy atom. The van der Waals surface area contributed by atoms with Crippen molar-refractivity contribution in [3.05, 3.63) is 71.3 Å². The third-order valence-corrected chi connectivity index (χ3v) is 3.73. The molecule has 2 aromatic carbocycles. The minimum absolute atomic E-state index is 0.391. The van der Waals surface area contributed by atoms with Crippen molar-refractivity contribution in [3.63, 3.8) is 0 Å². The van der Waals surface area contributed by atoms with E-state index < -0.39 is 36.5 Å². The topological polar surface area (TPSA) is 114 Å². The van der Waals surface area contributed by atoms with Gasteiger partial charge < -0.3 is 15.4 Å². The minimum atomic E-state index is -1.33. The normalized spacial score (nSPS) is 11.1. The SMILES string of the molecule is CNC(=O)NC(=O)[C@H](OC(=O)CNC(=O)c1cccc(C)c1)c1ccccc1. The van der Waals surface area contributed by atoms with Crippen molar-refractivity contribution in [1.29, 1.82) is 0 Å². The molecule has 2 aromatic rings. The van der Waals surface area contributed by atoms with E-state index in [9.17, 15) is 19.2 Å². The van der Waals surface area contributed by atoms with Gasteiger partial charge in [0.1, 0.15) is 6.54 Å². The first-order valence-electron chi connectivity index (χ1n) is 8.52. The molecule has 146 valence electrons. The predicted molar refractivity (Wildman–Crippen MR) is 101 cm³/mol. The van der Waals surface area contributed by atoms with Crippen LogP contribution in [0.2, 0.25) is 0 Å². The first-order valence-corrected chi connectivity index (χ1v) is 8.52. The predicted octanol–water partition coefficient (Wildman–Crippen LogP) is 1.46. The number of urea groups is 1. The minimum Gasteiger partial charge on any atom is -0.446 e. The zero-order chi connectivity index (χ0) is 20.5. The Balaban J connectivity index is 2.02. The molecule has 0 radical (unpaired) electrons. The van der Waals surface area contributed by atoms with Crippen LogP contribution in [0.5, 0.6) is 0 Å². The summed E-state index contributed by atoms with van der Waals surface area (Å²) in [5, 5.41) is 6.78. The summed E-state index contributed by atoms with van der Waals surface area (Å²) in [7, 11) is 1.35. The number of aryl methyl sites for hydroxylation is 1. The van der Waals surface area contributed by atoms with Crippen LogP contribution < -0.4 is 16.0 Å². The molecule has 8 heteroatoms. The van der Waals surface area contributed by atoms with Crippen molar-refractivity contribution in [2.75, 3.05) is 13.6 Å². The first-order chi connectivity index (χ1) is 13.4. The van der Waals surface area contributed by atoms with Crippen LogP contribution in [0.15, 0.2) is 54.6 Å². The van der Waals surface area contributed by atoms with Gasteiger partial charge in [-0.2, -0.15) is 0 Å². The number of esters is 1. The van der Waals surface area contributed by atoms with E-state index in [1.807, 2.05) is 13.0 Å². The fourth-order valence-electron chi connectivity index (χ4n) is 2.35. The molecule has 8 nitrogen and oxygen atoms in total. The van der Waals surface area contributed by atoms with Crippen molar-refractivity contribution < 1.29 is 23.9 Å². The number of imide groups is 1. The van der Waals surface area contributed by atoms with Crippen molar-refractivity contribution in [2.24, 2.45) is 0 Å². The average molecular weight is 383 g/mol. The molecule has 0 fully saturated rings. The molecule has 0 saturated carbocycles. The lowest BCUT2D eigenvalue weighted by molar-refractivity contribution is -0.155. The molecular weight excluding hydrogens is 362 g/mol. The summed E-state index contributed by atoms with van der Waals surface area (Å²) in [6, 6.07) is 14.4. The van der Waals surface area contributed by atoms with Gasteiger partial charge in [-0.15, -0.1) is 0 Å². The Kier molecular flexibility index (Phi) is 7.27. The lowest BCUT2D eigenvalue weighted by atomic mass is 10.1. The Hall–Kier alpha value is -3.68. The monoisotopic (exact) mass is 383 g/mol. The maximum atomic E-state index is 12.3. The van der Waals surface area contributed by atoms with Gasteiger partial charge in [-0.1, -0.05) is 48.0 Å². The molecule has 28 heavy (non-hydrogen) atoms. The standard InChI is InChI=1S/C20H21N3O5/c1-13-7-6-10-15(11-13)18(25)22-12-16(24)28-17(14-8-4-3-5-9-14)19(26)23-20(27)21-2/h3-11,17H,12H2,1-2H3,(H,22,25)(H2,21,23,26,27)/t17-/m1/s1. The highest BCUT2D eigenvalue weighted by molar-refractivity contribution is 5.98. The van der Waals surface area contributed by atoms with Gasteiger partial charge in [0.25, 0.3) is 11.8 Å². The Labute approximate surface area is 162 Å². The number of benzene rings is 2. The van der Waals surface area contributed by atoms with E-state index in [1.165, 1.54) is 7.05 Å². The Morgan fingerprint density at radius 2 is 1.71 bits per heavy atom. The van der Waals surface area contributed by atoms with Crippen molar-refractivity contribution in [1.82, 2.24) is 16.0 Å². The molecule has 0 heterocycles. The van der Waals surface area contributed by atoms with E-state index in [2.05, 4.69) is 16.0 Å². The van der Waals surface area contributed by atoms with Crippen LogP contribution in [0, 0.1) is 6.92 Å². The molecule has 0 bridgehead atoms. The second-order valence-corrected chi connectivity index (χ2v) is 5.90. The fourth-order valence-corrected chi connectivity index (χ4v) is 2.35. The van der Waals surface area contributed by atoms with E-state index in [0.717, 1.165) is 5.56 Å². The second kappa shape index (κ2) is 9.86. The summed E-state index contributed by atoms with van der Waals surface area (Å²) in [6.07, 6.45) is -1.33. The van der Waals surface area contributed by atoms with Gasteiger partial charge in [-0.25, -0.2) is 4.79 Å². The van der Waals surface area contributed by atoms with E-state index in [-0.39, 0.29) is 0 Å². The van der Waals surface area contributed by atoms with E-state index in [0.29, 0.717) is 11.1 Å². The van der Waals surface area contributed by atoms with Gasteiger partial charge in [0, 0.05) is 18.2 Å². The molecule has 0 aliphatic rings. The number of ether oxygens (including phenoxy) is 1. The van der Waals surface area contributed by atoms with Gasteiger partial charge in [-0.3, -0.25) is 19.7 Å². The highest BCUT2D eigenvalue weighted by Crippen LogP contribution is 2.17. The van der Waals surface area contributed by atoms with Crippen LogP contribution in [0.3, 0.4) is 0 Å². The third kappa shape index (κ3) is 5.94. The van der Waals surface area contributed by atoms with Crippen LogP contribution in [-0.4, -0.2) is 37.4 Å². The highest BCUT2D eigenvalue weighted by Gasteiger charge is 2.26. The fraction of sp³-hybridized carbons (Fsp3) is 0.200. The summed E-state index contributed by atoms with van der Waals surface area (Å²) >= 11 is 0. The number of hydrogen-bond donors (Lipinski definition) is 3. The Bertz CT molecular complexity index is 867. The third-order valence-electron chi connectivity index (χ3n) is 3.73. The smallest absolute Gasteiger partial charge is 0.326 e. The van der Waals surface area contributed by atoms with Crippen LogP contribution in [0.1, 0.15) is 27.6 Å². The van der Waals surface area contributed by atoms with Crippen LogP contribution in [0.4, 0.5) is 4.79 Å². The van der Waals surface area contributed by atoms with E-state index in [1.54, 1.807) is 48.5 Å². The van der Waals surface area contributed by atoms with Crippen LogP contribution in [0.25, 0.3) is 0 Å². The van der Waals surface area contributed by atoms with Crippen molar-refractivity contribution in [3.8, 4) is 0 Å². The van der Waals surface area contributed by atoms with E-state index in [4.69, 9.17) is 4.74 Å². The van der Waals surface area contributed by atoms with Crippen LogP contribution >= 0.6 is 0 Å².